The Balaban J connectivity index is 2.06. The molecule has 0 amide bonds. The molecule has 0 spiro atoms. The molecule has 3 rings (SSSR count). The summed E-state index contributed by atoms with van der Waals surface area (Å²) < 4.78 is 12.4. The average Bonchev–Trinajstić information content (AvgIpc) is 2.68. The Morgan fingerprint density at radius 3 is 2.23 bits per heavy atom. The summed E-state index contributed by atoms with van der Waals surface area (Å²) in [7, 11) is -0.373. The fourth-order valence-corrected chi connectivity index (χ4v) is 2.59. The van der Waals surface area contributed by atoms with Gasteiger partial charge in [0.1, 0.15) is 0 Å². The third-order valence-corrected chi connectivity index (χ3v) is 4.66. The minimum Gasteiger partial charge on any atom is -0.399 e. The number of rotatable bonds is 2. The van der Waals surface area contributed by atoms with E-state index in [0.29, 0.717) is 0 Å². The van der Waals surface area contributed by atoms with E-state index in [9.17, 15) is 0 Å². The molecule has 0 radical (unpaired) electrons. The van der Waals surface area contributed by atoms with E-state index in [1.165, 1.54) is 5.56 Å². The summed E-state index contributed by atoms with van der Waals surface area (Å²) in [6, 6.07) is 12.3. The maximum atomic E-state index is 6.20. The molecule has 0 atom stereocenters. The number of hydrogen-bond donors (Lipinski definition) is 0. The lowest BCUT2D eigenvalue weighted by Gasteiger charge is -2.32. The van der Waals surface area contributed by atoms with Crippen LogP contribution < -0.4 is 5.46 Å². The summed E-state index contributed by atoms with van der Waals surface area (Å²) in [6.45, 7) is 10.4. The topological polar surface area (TPSA) is 31.4 Å². The van der Waals surface area contributed by atoms with Gasteiger partial charge >= 0.3 is 7.12 Å². The standard InChI is InChI=1S/C18H22BNO2/c1-13-9-10-15(14(12-13)16-8-6-7-11-20-16)19-21-17(2,3)18(4,5)22-19/h6-12H,1-5H3. The summed E-state index contributed by atoms with van der Waals surface area (Å²) in [6.07, 6.45) is 1.81. The molecule has 1 aliphatic heterocycles. The fraction of sp³-hybridized carbons (Fsp3) is 0.389. The molecule has 2 aromatic rings. The van der Waals surface area contributed by atoms with E-state index >= 15 is 0 Å². The van der Waals surface area contributed by atoms with Crippen molar-refractivity contribution in [3.63, 3.8) is 0 Å². The molecule has 114 valence electrons. The normalized spacial score (nSPS) is 19.4. The van der Waals surface area contributed by atoms with Gasteiger partial charge in [0, 0.05) is 11.8 Å². The first-order valence-corrected chi connectivity index (χ1v) is 7.68. The van der Waals surface area contributed by atoms with Crippen molar-refractivity contribution in [2.75, 3.05) is 0 Å². The number of aromatic nitrogens is 1. The van der Waals surface area contributed by atoms with Crippen molar-refractivity contribution in [1.29, 1.82) is 0 Å². The quantitative estimate of drug-likeness (QED) is 0.796. The summed E-state index contributed by atoms with van der Waals surface area (Å²) in [5, 5.41) is 0. The van der Waals surface area contributed by atoms with Gasteiger partial charge in [0.05, 0.1) is 16.9 Å². The highest BCUT2D eigenvalue weighted by Gasteiger charge is 2.52. The van der Waals surface area contributed by atoms with Crippen LogP contribution in [0.25, 0.3) is 11.3 Å². The van der Waals surface area contributed by atoms with Crippen LogP contribution in [0.2, 0.25) is 0 Å². The van der Waals surface area contributed by atoms with Crippen LogP contribution in [0, 0.1) is 6.92 Å². The molecule has 0 aliphatic carbocycles. The highest BCUT2D eigenvalue weighted by atomic mass is 16.7. The van der Waals surface area contributed by atoms with Gasteiger partial charge in [0.2, 0.25) is 0 Å². The van der Waals surface area contributed by atoms with E-state index in [0.717, 1.165) is 16.7 Å². The van der Waals surface area contributed by atoms with Gasteiger partial charge in [0.15, 0.2) is 0 Å². The van der Waals surface area contributed by atoms with Gasteiger partial charge in [-0.25, -0.2) is 0 Å². The van der Waals surface area contributed by atoms with Crippen LogP contribution in [-0.2, 0) is 9.31 Å². The second kappa shape index (κ2) is 5.22. The SMILES string of the molecule is Cc1ccc(B2OC(C)(C)C(C)(C)O2)c(-c2ccccn2)c1. The molecule has 1 saturated heterocycles. The van der Waals surface area contributed by atoms with Crippen LogP contribution in [-0.4, -0.2) is 23.3 Å². The van der Waals surface area contributed by atoms with Crippen molar-refractivity contribution >= 4 is 12.6 Å². The van der Waals surface area contributed by atoms with E-state index in [2.05, 4.69) is 57.8 Å². The summed E-state index contributed by atoms with van der Waals surface area (Å²) in [4.78, 5) is 4.48. The Hall–Kier alpha value is -1.65. The van der Waals surface area contributed by atoms with Crippen molar-refractivity contribution in [1.82, 2.24) is 4.98 Å². The third kappa shape index (κ3) is 2.57. The number of pyridine rings is 1. The Kier molecular flexibility index (Phi) is 3.62. The van der Waals surface area contributed by atoms with Gasteiger partial charge in [-0.1, -0.05) is 29.8 Å². The van der Waals surface area contributed by atoms with Crippen LogP contribution >= 0.6 is 0 Å². The van der Waals surface area contributed by atoms with Crippen LogP contribution in [0.5, 0.6) is 0 Å². The molecular weight excluding hydrogens is 273 g/mol. The number of benzene rings is 1. The van der Waals surface area contributed by atoms with Crippen LogP contribution in [0.15, 0.2) is 42.6 Å². The van der Waals surface area contributed by atoms with Crippen molar-refractivity contribution in [2.24, 2.45) is 0 Å². The van der Waals surface area contributed by atoms with E-state index in [-0.39, 0.29) is 18.3 Å². The first-order chi connectivity index (χ1) is 10.3. The lowest BCUT2D eigenvalue weighted by Crippen LogP contribution is -2.41. The predicted octanol–water partition coefficient (Wildman–Crippen LogP) is 3.36. The first-order valence-electron chi connectivity index (χ1n) is 7.68. The molecule has 4 heteroatoms. The predicted molar refractivity (Wildman–Crippen MR) is 90.1 cm³/mol. The number of nitrogens with zero attached hydrogens (tertiary/aromatic N) is 1. The lowest BCUT2D eigenvalue weighted by atomic mass is 9.74. The highest BCUT2D eigenvalue weighted by molar-refractivity contribution is 6.63. The number of aryl methyl sites for hydroxylation is 1. The fourth-order valence-electron chi connectivity index (χ4n) is 2.59. The Bertz CT molecular complexity index is 667. The highest BCUT2D eigenvalue weighted by Crippen LogP contribution is 2.37. The van der Waals surface area contributed by atoms with Gasteiger partial charge in [-0.3, -0.25) is 4.98 Å². The Morgan fingerprint density at radius 1 is 0.955 bits per heavy atom. The van der Waals surface area contributed by atoms with E-state index in [1.807, 2.05) is 24.4 Å². The summed E-state index contributed by atoms with van der Waals surface area (Å²) in [5.74, 6) is 0. The molecule has 22 heavy (non-hydrogen) atoms. The molecule has 1 aliphatic rings. The van der Waals surface area contributed by atoms with Gasteiger partial charge in [-0.2, -0.15) is 0 Å². The van der Waals surface area contributed by atoms with E-state index < -0.39 is 0 Å². The average molecular weight is 295 g/mol. The third-order valence-electron chi connectivity index (χ3n) is 4.66. The zero-order valence-corrected chi connectivity index (χ0v) is 13.9. The maximum Gasteiger partial charge on any atom is 0.495 e. The largest absolute Gasteiger partial charge is 0.495 e. The second-order valence-electron chi connectivity index (χ2n) is 6.89. The monoisotopic (exact) mass is 295 g/mol. The number of hydrogen-bond acceptors (Lipinski definition) is 3. The molecule has 0 bridgehead atoms. The molecular formula is C18H22BNO2. The molecule has 0 N–H and O–H groups in total. The second-order valence-corrected chi connectivity index (χ2v) is 6.89. The first kappa shape index (κ1) is 15.3. The van der Waals surface area contributed by atoms with Crippen molar-refractivity contribution in [3.05, 3.63) is 48.2 Å². The lowest BCUT2D eigenvalue weighted by molar-refractivity contribution is 0.00578. The van der Waals surface area contributed by atoms with Gasteiger partial charge in [0.25, 0.3) is 0 Å². The molecule has 0 unspecified atom stereocenters. The molecule has 1 aromatic carbocycles. The van der Waals surface area contributed by atoms with Crippen molar-refractivity contribution < 1.29 is 9.31 Å². The maximum absolute atomic E-state index is 6.20. The van der Waals surface area contributed by atoms with Crippen molar-refractivity contribution in [2.45, 2.75) is 45.8 Å². The minimum atomic E-state index is -0.373. The Labute approximate surface area is 132 Å². The molecule has 2 heterocycles. The van der Waals surface area contributed by atoms with Crippen LogP contribution in [0.4, 0.5) is 0 Å². The van der Waals surface area contributed by atoms with E-state index in [4.69, 9.17) is 9.31 Å². The summed E-state index contributed by atoms with van der Waals surface area (Å²) in [5.41, 5.74) is 3.55. The molecule has 1 aromatic heterocycles. The van der Waals surface area contributed by atoms with Crippen molar-refractivity contribution in [3.8, 4) is 11.3 Å². The van der Waals surface area contributed by atoms with Crippen LogP contribution in [0.3, 0.4) is 0 Å². The van der Waals surface area contributed by atoms with Crippen LogP contribution in [0.1, 0.15) is 33.3 Å². The zero-order chi connectivity index (χ0) is 16.0. The summed E-state index contributed by atoms with van der Waals surface area (Å²) >= 11 is 0. The van der Waals surface area contributed by atoms with Gasteiger partial charge in [-0.15, -0.1) is 0 Å². The molecule has 1 fully saturated rings. The smallest absolute Gasteiger partial charge is 0.399 e. The van der Waals surface area contributed by atoms with Gasteiger partial charge < -0.3 is 9.31 Å². The molecule has 0 saturated carbocycles. The molecule has 3 nitrogen and oxygen atoms in total. The van der Waals surface area contributed by atoms with Gasteiger partial charge in [-0.05, 0) is 52.2 Å². The van der Waals surface area contributed by atoms with E-state index in [1.54, 1.807) is 0 Å². The zero-order valence-electron chi connectivity index (χ0n) is 13.9. The Morgan fingerprint density at radius 2 is 1.64 bits per heavy atom. The minimum absolute atomic E-state index is 0.343.